The van der Waals surface area contributed by atoms with E-state index in [2.05, 4.69) is 5.32 Å². The molecule has 0 bridgehead atoms. The normalized spacial score (nSPS) is 12.2. The highest BCUT2D eigenvalue weighted by molar-refractivity contribution is 5.95. The van der Waals surface area contributed by atoms with E-state index in [1.807, 2.05) is 0 Å². The zero-order valence-electron chi connectivity index (χ0n) is 14.8. The monoisotopic (exact) mass is 414 g/mol. The summed E-state index contributed by atoms with van der Waals surface area (Å²) in [6, 6.07) is 6.76. The molecule has 2 aromatic carbocycles. The molecule has 2 rings (SSSR count). The van der Waals surface area contributed by atoms with Gasteiger partial charge in [-0.05, 0) is 30.7 Å². The van der Waals surface area contributed by atoms with Gasteiger partial charge in [0.05, 0.1) is 16.9 Å². The van der Waals surface area contributed by atoms with E-state index in [4.69, 9.17) is 4.74 Å². The maximum atomic E-state index is 13.3. The highest BCUT2D eigenvalue weighted by Gasteiger charge is 2.30. The second-order valence-corrected chi connectivity index (χ2v) is 5.92. The van der Waals surface area contributed by atoms with Crippen LogP contribution in [0, 0.1) is 15.9 Å². The van der Waals surface area contributed by atoms with Gasteiger partial charge < -0.3 is 10.1 Å². The predicted molar refractivity (Wildman–Crippen MR) is 92.4 cm³/mol. The van der Waals surface area contributed by atoms with Crippen molar-refractivity contribution in [2.75, 3.05) is 5.32 Å². The summed E-state index contributed by atoms with van der Waals surface area (Å²) in [6.07, 6.45) is -6.41. The molecule has 1 amide bonds. The van der Waals surface area contributed by atoms with E-state index in [9.17, 15) is 37.3 Å². The largest absolute Gasteiger partial charge is 0.452 e. The number of esters is 1. The molecule has 154 valence electrons. The van der Waals surface area contributed by atoms with Gasteiger partial charge in [0.25, 0.3) is 5.91 Å². The minimum atomic E-state index is -4.56. The number of amides is 1. The van der Waals surface area contributed by atoms with Gasteiger partial charge in [-0.1, -0.05) is 18.2 Å². The van der Waals surface area contributed by atoms with Crippen LogP contribution < -0.4 is 5.32 Å². The Hall–Kier alpha value is -3.50. The Morgan fingerprint density at radius 1 is 1.21 bits per heavy atom. The van der Waals surface area contributed by atoms with Crippen molar-refractivity contribution in [3.63, 3.8) is 0 Å². The van der Waals surface area contributed by atoms with Crippen LogP contribution >= 0.6 is 0 Å². The molecule has 7 nitrogen and oxygen atoms in total. The standard InChI is InChI=1S/C18H14F4N2O5/c1-10(17(26)23-13-5-6-14(19)15(9-13)24(27)28)29-16(25)8-11-3-2-4-12(7-11)18(20,21)22/h2-7,9-10H,8H2,1H3,(H,23,26). The summed E-state index contributed by atoms with van der Waals surface area (Å²) in [5.74, 6) is -2.89. The first-order chi connectivity index (χ1) is 13.5. The van der Waals surface area contributed by atoms with Crippen molar-refractivity contribution in [1.82, 2.24) is 0 Å². The third-order valence-corrected chi connectivity index (χ3v) is 3.69. The van der Waals surface area contributed by atoms with Crippen molar-refractivity contribution in [1.29, 1.82) is 0 Å². The molecular weight excluding hydrogens is 400 g/mol. The van der Waals surface area contributed by atoms with E-state index in [1.54, 1.807) is 0 Å². The lowest BCUT2D eigenvalue weighted by atomic mass is 10.1. The number of nitro benzene ring substituents is 1. The van der Waals surface area contributed by atoms with Crippen LogP contribution in [-0.4, -0.2) is 22.9 Å². The molecule has 2 aromatic rings. The number of carbonyl (C=O) groups excluding carboxylic acids is 2. The number of nitrogens with zero attached hydrogens (tertiary/aromatic N) is 1. The Labute approximate surface area is 161 Å². The molecule has 0 spiro atoms. The lowest BCUT2D eigenvalue weighted by Gasteiger charge is -2.14. The number of halogens is 4. The van der Waals surface area contributed by atoms with Crippen molar-refractivity contribution >= 4 is 23.3 Å². The van der Waals surface area contributed by atoms with E-state index < -0.39 is 52.6 Å². The number of alkyl halides is 3. The fourth-order valence-corrected chi connectivity index (χ4v) is 2.29. The van der Waals surface area contributed by atoms with Gasteiger partial charge in [0, 0.05) is 11.8 Å². The van der Waals surface area contributed by atoms with Crippen LogP contribution in [0.2, 0.25) is 0 Å². The maximum absolute atomic E-state index is 13.3. The molecule has 0 saturated heterocycles. The second-order valence-electron chi connectivity index (χ2n) is 5.92. The number of benzene rings is 2. The number of hydrogen-bond acceptors (Lipinski definition) is 5. The van der Waals surface area contributed by atoms with E-state index in [0.29, 0.717) is 0 Å². The predicted octanol–water partition coefficient (Wildman–Crippen LogP) is 3.87. The Morgan fingerprint density at radius 2 is 1.90 bits per heavy atom. The molecular formula is C18H14F4N2O5. The Bertz CT molecular complexity index is 946. The third kappa shape index (κ3) is 5.99. The fraction of sp³-hybridized carbons (Fsp3) is 0.222. The van der Waals surface area contributed by atoms with Crippen LogP contribution in [0.4, 0.5) is 28.9 Å². The van der Waals surface area contributed by atoms with Gasteiger partial charge in [0.2, 0.25) is 5.82 Å². The molecule has 0 aliphatic rings. The number of hydrogen-bond donors (Lipinski definition) is 1. The lowest BCUT2D eigenvalue weighted by molar-refractivity contribution is -0.387. The molecule has 0 fully saturated rings. The Balaban J connectivity index is 1.98. The Kier molecular flexibility index (Phi) is 6.52. The van der Waals surface area contributed by atoms with Crippen molar-refractivity contribution in [2.45, 2.75) is 25.6 Å². The number of nitrogens with one attached hydrogen (secondary N) is 1. The Morgan fingerprint density at radius 3 is 2.52 bits per heavy atom. The van der Waals surface area contributed by atoms with Crippen LogP contribution in [-0.2, 0) is 26.9 Å². The number of anilines is 1. The summed E-state index contributed by atoms with van der Waals surface area (Å²) in [6.45, 7) is 1.21. The molecule has 0 aromatic heterocycles. The fourth-order valence-electron chi connectivity index (χ4n) is 2.29. The summed E-state index contributed by atoms with van der Waals surface area (Å²) in [7, 11) is 0. The number of ether oxygens (including phenoxy) is 1. The molecule has 11 heteroatoms. The average molecular weight is 414 g/mol. The van der Waals surface area contributed by atoms with Crippen molar-refractivity contribution in [2.24, 2.45) is 0 Å². The van der Waals surface area contributed by atoms with Gasteiger partial charge >= 0.3 is 17.8 Å². The zero-order chi connectivity index (χ0) is 21.8. The van der Waals surface area contributed by atoms with Crippen LogP contribution in [0.3, 0.4) is 0 Å². The maximum Gasteiger partial charge on any atom is 0.416 e. The third-order valence-electron chi connectivity index (χ3n) is 3.69. The van der Waals surface area contributed by atoms with Crippen LogP contribution in [0.15, 0.2) is 42.5 Å². The molecule has 29 heavy (non-hydrogen) atoms. The first kappa shape index (κ1) is 21.8. The van der Waals surface area contributed by atoms with Gasteiger partial charge in [-0.25, -0.2) is 0 Å². The first-order valence-electron chi connectivity index (χ1n) is 8.08. The topological polar surface area (TPSA) is 98.5 Å². The minimum absolute atomic E-state index is 0.0478. The van der Waals surface area contributed by atoms with E-state index >= 15 is 0 Å². The molecule has 0 aliphatic carbocycles. The van der Waals surface area contributed by atoms with E-state index in [-0.39, 0.29) is 11.3 Å². The smallest absolute Gasteiger partial charge is 0.416 e. The van der Waals surface area contributed by atoms with E-state index in [0.717, 1.165) is 36.4 Å². The minimum Gasteiger partial charge on any atom is -0.452 e. The number of carbonyl (C=O) groups is 2. The van der Waals surface area contributed by atoms with E-state index in [1.165, 1.54) is 13.0 Å². The van der Waals surface area contributed by atoms with Crippen molar-refractivity contribution in [3.8, 4) is 0 Å². The molecule has 0 aliphatic heterocycles. The van der Waals surface area contributed by atoms with Gasteiger partial charge in [0.1, 0.15) is 0 Å². The number of nitro groups is 1. The summed E-state index contributed by atoms with van der Waals surface area (Å²) >= 11 is 0. The highest BCUT2D eigenvalue weighted by atomic mass is 19.4. The van der Waals surface area contributed by atoms with Gasteiger partial charge in [-0.15, -0.1) is 0 Å². The molecule has 1 atom stereocenters. The summed E-state index contributed by atoms with van der Waals surface area (Å²) in [4.78, 5) is 33.7. The molecule has 0 saturated carbocycles. The SMILES string of the molecule is CC(OC(=O)Cc1cccc(C(F)(F)F)c1)C(=O)Nc1ccc(F)c([N+](=O)[O-])c1. The summed E-state index contributed by atoms with van der Waals surface area (Å²) in [5.41, 5.74) is -1.82. The van der Waals surface area contributed by atoms with Crippen molar-refractivity contribution in [3.05, 3.63) is 69.5 Å². The van der Waals surface area contributed by atoms with Crippen LogP contribution in [0.25, 0.3) is 0 Å². The van der Waals surface area contributed by atoms with Crippen LogP contribution in [0.5, 0.6) is 0 Å². The highest BCUT2D eigenvalue weighted by Crippen LogP contribution is 2.29. The molecule has 0 heterocycles. The average Bonchev–Trinajstić information content (AvgIpc) is 2.62. The van der Waals surface area contributed by atoms with Crippen LogP contribution in [0.1, 0.15) is 18.1 Å². The molecule has 0 radical (unpaired) electrons. The molecule has 1 unspecified atom stereocenters. The van der Waals surface area contributed by atoms with Gasteiger partial charge in [-0.3, -0.25) is 19.7 Å². The van der Waals surface area contributed by atoms with Crippen molar-refractivity contribution < 1.29 is 36.8 Å². The first-order valence-corrected chi connectivity index (χ1v) is 8.08. The van der Waals surface area contributed by atoms with Gasteiger partial charge in [-0.2, -0.15) is 17.6 Å². The summed E-state index contributed by atoms with van der Waals surface area (Å²) < 4.78 is 56.3. The summed E-state index contributed by atoms with van der Waals surface area (Å²) in [5, 5.41) is 12.9. The zero-order valence-corrected chi connectivity index (χ0v) is 14.8. The number of rotatable bonds is 6. The second kappa shape index (κ2) is 8.67. The quantitative estimate of drug-likeness (QED) is 0.335. The van der Waals surface area contributed by atoms with Gasteiger partial charge in [0.15, 0.2) is 6.10 Å². The lowest BCUT2D eigenvalue weighted by Crippen LogP contribution is -2.30. The molecule has 1 N–H and O–H groups in total.